The zero-order chi connectivity index (χ0) is 13.8. The van der Waals surface area contributed by atoms with Gasteiger partial charge in [-0.25, -0.2) is 4.98 Å². The van der Waals surface area contributed by atoms with Crippen molar-refractivity contribution in [3.8, 4) is 11.3 Å². The Hall–Kier alpha value is -2.63. The third kappa shape index (κ3) is 2.98. The van der Waals surface area contributed by atoms with Crippen molar-refractivity contribution in [1.82, 2.24) is 4.98 Å². The van der Waals surface area contributed by atoms with Gasteiger partial charge in [-0.3, -0.25) is 9.59 Å². The van der Waals surface area contributed by atoms with Gasteiger partial charge in [-0.05, 0) is 31.2 Å². The Kier molecular flexibility index (Phi) is 3.61. The zero-order valence-corrected chi connectivity index (χ0v) is 10.2. The van der Waals surface area contributed by atoms with E-state index in [1.54, 1.807) is 30.5 Å². The van der Waals surface area contributed by atoms with Gasteiger partial charge < -0.3 is 14.8 Å². The highest BCUT2D eigenvalue weighted by Gasteiger charge is 2.20. The lowest BCUT2D eigenvalue weighted by Gasteiger charge is -2.08. The van der Waals surface area contributed by atoms with Gasteiger partial charge >= 0.3 is 5.97 Å². The van der Waals surface area contributed by atoms with Gasteiger partial charge in [0.1, 0.15) is 5.92 Å². The second-order valence-corrected chi connectivity index (χ2v) is 3.99. The topological polar surface area (TPSA) is 92.4 Å². The number of carbonyl (C=O) groups is 2. The van der Waals surface area contributed by atoms with Crippen LogP contribution in [0.2, 0.25) is 0 Å². The monoisotopic (exact) mass is 260 g/mol. The van der Waals surface area contributed by atoms with Crippen LogP contribution >= 0.6 is 0 Å². The van der Waals surface area contributed by atoms with Crippen molar-refractivity contribution >= 4 is 17.6 Å². The van der Waals surface area contributed by atoms with Crippen LogP contribution < -0.4 is 5.32 Å². The van der Waals surface area contributed by atoms with Crippen LogP contribution in [0.3, 0.4) is 0 Å². The van der Waals surface area contributed by atoms with Crippen molar-refractivity contribution in [1.29, 1.82) is 0 Å². The number of rotatable bonds is 4. The Morgan fingerprint density at radius 3 is 2.53 bits per heavy atom. The Morgan fingerprint density at radius 2 is 2.00 bits per heavy atom. The van der Waals surface area contributed by atoms with E-state index < -0.39 is 17.8 Å². The minimum atomic E-state index is -1.16. The van der Waals surface area contributed by atoms with Crippen LogP contribution in [0.25, 0.3) is 11.3 Å². The zero-order valence-electron chi connectivity index (χ0n) is 10.2. The summed E-state index contributed by atoms with van der Waals surface area (Å²) in [5.74, 6) is -2.18. The number of carboxylic acid groups (broad SMARTS) is 1. The molecule has 0 saturated heterocycles. The van der Waals surface area contributed by atoms with Crippen molar-refractivity contribution in [2.45, 2.75) is 6.92 Å². The molecule has 0 fully saturated rings. The summed E-state index contributed by atoms with van der Waals surface area (Å²) in [4.78, 5) is 26.0. The second-order valence-electron chi connectivity index (χ2n) is 3.99. The number of carboxylic acids is 1. The predicted molar refractivity (Wildman–Crippen MR) is 67.4 cm³/mol. The fourth-order valence-corrected chi connectivity index (χ4v) is 1.44. The summed E-state index contributed by atoms with van der Waals surface area (Å²) in [7, 11) is 0. The standard InChI is InChI=1S/C13H12N2O4/c1-8(13(17)18)12(16)15-10-4-2-9(3-5-10)11-6-14-7-19-11/h2-8H,1H3,(H,15,16)(H,17,18). The molecule has 6 nitrogen and oxygen atoms in total. The molecule has 1 heterocycles. The number of amides is 1. The van der Waals surface area contributed by atoms with Crippen LogP contribution in [0.1, 0.15) is 6.92 Å². The first-order valence-corrected chi connectivity index (χ1v) is 5.60. The van der Waals surface area contributed by atoms with E-state index in [2.05, 4.69) is 10.3 Å². The molecule has 98 valence electrons. The van der Waals surface area contributed by atoms with Gasteiger partial charge in [-0.1, -0.05) is 0 Å². The molecule has 6 heteroatoms. The number of anilines is 1. The Labute approximate surface area is 109 Å². The van der Waals surface area contributed by atoms with E-state index in [1.165, 1.54) is 13.3 Å². The summed E-state index contributed by atoms with van der Waals surface area (Å²) < 4.78 is 5.13. The van der Waals surface area contributed by atoms with E-state index >= 15 is 0 Å². The van der Waals surface area contributed by atoms with Crippen LogP contribution in [0.15, 0.2) is 41.3 Å². The van der Waals surface area contributed by atoms with Crippen molar-refractivity contribution in [3.63, 3.8) is 0 Å². The molecule has 0 aliphatic carbocycles. The molecule has 0 radical (unpaired) electrons. The summed E-state index contributed by atoms with van der Waals surface area (Å²) in [6.45, 7) is 1.33. The van der Waals surface area contributed by atoms with E-state index in [9.17, 15) is 9.59 Å². The highest BCUT2D eigenvalue weighted by atomic mass is 16.4. The SMILES string of the molecule is CC(C(=O)O)C(=O)Nc1ccc(-c2cnco2)cc1. The van der Waals surface area contributed by atoms with Crippen LogP contribution in [0, 0.1) is 5.92 Å². The number of oxazole rings is 1. The summed E-state index contributed by atoms with van der Waals surface area (Å²) in [5, 5.41) is 11.2. The molecular formula is C13H12N2O4. The van der Waals surface area contributed by atoms with E-state index in [-0.39, 0.29) is 0 Å². The Balaban J connectivity index is 2.07. The van der Waals surface area contributed by atoms with Crippen LogP contribution in [-0.2, 0) is 9.59 Å². The molecule has 19 heavy (non-hydrogen) atoms. The van der Waals surface area contributed by atoms with E-state index in [1.807, 2.05) is 0 Å². The maximum absolute atomic E-state index is 11.5. The third-order valence-electron chi connectivity index (χ3n) is 2.63. The van der Waals surface area contributed by atoms with Gasteiger partial charge in [0, 0.05) is 11.3 Å². The smallest absolute Gasteiger partial charge is 0.315 e. The number of benzene rings is 1. The summed E-state index contributed by atoms with van der Waals surface area (Å²) in [5.41, 5.74) is 1.35. The lowest BCUT2D eigenvalue weighted by Crippen LogP contribution is -2.26. The third-order valence-corrected chi connectivity index (χ3v) is 2.63. The number of aliphatic carboxylic acids is 1. The van der Waals surface area contributed by atoms with E-state index in [4.69, 9.17) is 9.52 Å². The minimum Gasteiger partial charge on any atom is -0.481 e. The molecule has 0 bridgehead atoms. The average Bonchev–Trinajstić information content (AvgIpc) is 2.92. The van der Waals surface area contributed by atoms with Gasteiger partial charge in [0.25, 0.3) is 0 Å². The molecule has 0 aliphatic rings. The van der Waals surface area contributed by atoms with Crippen molar-refractivity contribution in [2.75, 3.05) is 5.32 Å². The lowest BCUT2D eigenvalue weighted by molar-refractivity contribution is -0.144. The van der Waals surface area contributed by atoms with Crippen LogP contribution in [0.5, 0.6) is 0 Å². The lowest BCUT2D eigenvalue weighted by atomic mass is 10.1. The van der Waals surface area contributed by atoms with Gasteiger partial charge in [0.2, 0.25) is 5.91 Å². The first-order valence-electron chi connectivity index (χ1n) is 5.60. The molecule has 1 atom stereocenters. The van der Waals surface area contributed by atoms with Crippen molar-refractivity contribution in [2.24, 2.45) is 5.92 Å². The Morgan fingerprint density at radius 1 is 1.32 bits per heavy atom. The molecule has 2 rings (SSSR count). The largest absolute Gasteiger partial charge is 0.481 e. The van der Waals surface area contributed by atoms with E-state index in [0.29, 0.717) is 11.4 Å². The molecule has 1 aromatic heterocycles. The molecule has 1 aromatic carbocycles. The highest BCUT2D eigenvalue weighted by molar-refractivity contribution is 6.03. The minimum absolute atomic E-state index is 0.529. The quantitative estimate of drug-likeness (QED) is 0.820. The first kappa shape index (κ1) is 12.8. The first-order chi connectivity index (χ1) is 9.08. The van der Waals surface area contributed by atoms with Crippen molar-refractivity contribution in [3.05, 3.63) is 36.9 Å². The number of nitrogens with one attached hydrogen (secondary N) is 1. The number of hydrogen-bond donors (Lipinski definition) is 2. The van der Waals surface area contributed by atoms with Crippen LogP contribution in [-0.4, -0.2) is 22.0 Å². The number of aromatic nitrogens is 1. The summed E-state index contributed by atoms with van der Waals surface area (Å²) >= 11 is 0. The van der Waals surface area contributed by atoms with Gasteiger partial charge in [0.15, 0.2) is 12.2 Å². The second kappa shape index (κ2) is 5.34. The van der Waals surface area contributed by atoms with Gasteiger partial charge in [-0.15, -0.1) is 0 Å². The predicted octanol–water partition coefficient (Wildman–Crippen LogP) is 2.00. The van der Waals surface area contributed by atoms with E-state index in [0.717, 1.165) is 5.56 Å². The van der Waals surface area contributed by atoms with Crippen LogP contribution in [0.4, 0.5) is 5.69 Å². The Bertz CT molecular complexity index is 575. The molecule has 0 spiro atoms. The highest BCUT2D eigenvalue weighted by Crippen LogP contribution is 2.20. The van der Waals surface area contributed by atoms with Gasteiger partial charge in [0.05, 0.1) is 6.20 Å². The maximum Gasteiger partial charge on any atom is 0.315 e. The summed E-state index contributed by atoms with van der Waals surface area (Å²) in [6, 6.07) is 6.85. The van der Waals surface area contributed by atoms with Crippen molar-refractivity contribution < 1.29 is 19.1 Å². The fraction of sp³-hybridized carbons (Fsp3) is 0.154. The number of carbonyl (C=O) groups excluding carboxylic acids is 1. The number of hydrogen-bond acceptors (Lipinski definition) is 4. The fourth-order valence-electron chi connectivity index (χ4n) is 1.44. The maximum atomic E-state index is 11.5. The normalized spacial score (nSPS) is 11.8. The number of nitrogens with zero attached hydrogens (tertiary/aromatic N) is 1. The molecule has 0 aliphatic heterocycles. The molecule has 2 aromatic rings. The average molecular weight is 260 g/mol. The molecule has 1 amide bonds. The molecule has 2 N–H and O–H groups in total. The molecular weight excluding hydrogens is 248 g/mol. The summed E-state index contributed by atoms with van der Waals surface area (Å²) in [6.07, 6.45) is 2.92. The molecule has 0 saturated carbocycles. The van der Waals surface area contributed by atoms with Gasteiger partial charge in [-0.2, -0.15) is 0 Å². The molecule has 1 unspecified atom stereocenters.